The van der Waals surface area contributed by atoms with Crippen LogP contribution in [0.25, 0.3) is 0 Å². The first kappa shape index (κ1) is 33.4. The maximum atomic E-state index is 14.5. The SMILES string of the molecule is CC[C@@H](C)NC(=O)[C@H](Cc1ccccc1)N(Cc1ccc(F)cc1)C(=O)CN(c1cccc(C)c1)S(=O)(=O)c1ccc(C)cc1. The maximum absolute atomic E-state index is 14.5. The standard InChI is InChI=1S/C36H40FN3O4S/c1-5-28(4)38-36(42)34(23-29-11-7-6-8-12-29)39(24-30-16-18-31(37)19-17-30)35(41)25-40(32-13-9-10-27(3)22-32)45(43,44)33-20-14-26(2)15-21-33/h6-22,28,34H,5,23-25H2,1-4H3,(H,38,42)/t28-,34+/m1/s1. The Kier molecular flexibility index (Phi) is 11.1. The van der Waals surface area contributed by atoms with Crippen LogP contribution in [0, 0.1) is 19.7 Å². The summed E-state index contributed by atoms with van der Waals surface area (Å²) in [5.41, 5.74) is 3.48. The third-order valence-electron chi connectivity index (χ3n) is 7.72. The molecular weight excluding hydrogens is 589 g/mol. The lowest BCUT2D eigenvalue weighted by Gasteiger charge is -2.34. The van der Waals surface area contributed by atoms with Gasteiger partial charge in [0.25, 0.3) is 10.0 Å². The molecular formula is C36H40FN3O4S. The molecule has 4 aromatic carbocycles. The molecule has 0 aromatic heterocycles. The van der Waals surface area contributed by atoms with Crippen molar-refractivity contribution in [1.82, 2.24) is 10.2 Å². The minimum Gasteiger partial charge on any atom is -0.352 e. The molecule has 4 aromatic rings. The first-order valence-electron chi connectivity index (χ1n) is 15.0. The number of halogens is 1. The fourth-order valence-corrected chi connectivity index (χ4v) is 6.34. The van der Waals surface area contributed by atoms with Crippen LogP contribution in [0.2, 0.25) is 0 Å². The molecule has 0 fully saturated rings. The fraction of sp³-hybridized carbons (Fsp3) is 0.278. The lowest BCUT2D eigenvalue weighted by molar-refractivity contribution is -0.140. The number of hydrogen-bond acceptors (Lipinski definition) is 4. The number of aryl methyl sites for hydroxylation is 2. The molecule has 2 atom stereocenters. The number of benzene rings is 4. The Balaban J connectivity index is 1.80. The van der Waals surface area contributed by atoms with Gasteiger partial charge in [0.1, 0.15) is 18.4 Å². The van der Waals surface area contributed by atoms with E-state index in [1.54, 1.807) is 42.5 Å². The minimum atomic E-state index is -4.19. The van der Waals surface area contributed by atoms with Gasteiger partial charge in [0.05, 0.1) is 10.6 Å². The van der Waals surface area contributed by atoms with E-state index in [0.29, 0.717) is 17.7 Å². The number of carbonyl (C=O) groups excluding carboxylic acids is 2. The van der Waals surface area contributed by atoms with E-state index in [9.17, 15) is 22.4 Å². The summed E-state index contributed by atoms with van der Waals surface area (Å²) in [7, 11) is -4.19. The second-order valence-electron chi connectivity index (χ2n) is 11.3. The molecule has 0 heterocycles. The summed E-state index contributed by atoms with van der Waals surface area (Å²) >= 11 is 0. The van der Waals surface area contributed by atoms with Crippen LogP contribution in [0.15, 0.2) is 108 Å². The summed E-state index contributed by atoms with van der Waals surface area (Å²) in [6.07, 6.45) is 0.886. The summed E-state index contributed by atoms with van der Waals surface area (Å²) in [6, 6.07) is 27.3. The lowest BCUT2D eigenvalue weighted by Crippen LogP contribution is -2.54. The Hall–Kier alpha value is -4.50. The predicted molar refractivity (Wildman–Crippen MR) is 176 cm³/mol. The smallest absolute Gasteiger partial charge is 0.264 e. The van der Waals surface area contributed by atoms with Crippen LogP contribution in [-0.4, -0.2) is 43.8 Å². The number of hydrogen-bond donors (Lipinski definition) is 1. The van der Waals surface area contributed by atoms with Crippen LogP contribution in [0.1, 0.15) is 42.5 Å². The molecule has 45 heavy (non-hydrogen) atoms. The molecule has 0 aliphatic carbocycles. The van der Waals surface area contributed by atoms with Gasteiger partial charge in [0.2, 0.25) is 11.8 Å². The van der Waals surface area contributed by atoms with Gasteiger partial charge in [-0.2, -0.15) is 0 Å². The summed E-state index contributed by atoms with van der Waals surface area (Å²) in [4.78, 5) is 29.8. The van der Waals surface area contributed by atoms with Gasteiger partial charge in [-0.3, -0.25) is 13.9 Å². The summed E-state index contributed by atoms with van der Waals surface area (Å²) in [6.45, 7) is 6.96. The molecule has 0 unspecified atom stereocenters. The van der Waals surface area contributed by atoms with E-state index < -0.39 is 34.3 Å². The highest BCUT2D eigenvalue weighted by Gasteiger charge is 2.35. The zero-order chi connectivity index (χ0) is 32.6. The van der Waals surface area contributed by atoms with Crippen LogP contribution in [0.4, 0.5) is 10.1 Å². The van der Waals surface area contributed by atoms with E-state index in [1.165, 1.54) is 29.2 Å². The van der Waals surface area contributed by atoms with E-state index >= 15 is 0 Å². The van der Waals surface area contributed by atoms with Gasteiger partial charge >= 0.3 is 0 Å². The van der Waals surface area contributed by atoms with Crippen LogP contribution in [0.3, 0.4) is 0 Å². The molecule has 2 amide bonds. The first-order chi connectivity index (χ1) is 21.5. The van der Waals surface area contributed by atoms with E-state index in [4.69, 9.17) is 0 Å². The third-order valence-corrected chi connectivity index (χ3v) is 9.50. The molecule has 7 nitrogen and oxygen atoms in total. The van der Waals surface area contributed by atoms with Crippen LogP contribution < -0.4 is 9.62 Å². The molecule has 0 bridgehead atoms. The van der Waals surface area contributed by atoms with Crippen molar-refractivity contribution in [2.24, 2.45) is 0 Å². The summed E-state index contributed by atoms with van der Waals surface area (Å²) in [5.74, 6) is -1.36. The van der Waals surface area contributed by atoms with Crippen molar-refractivity contribution in [3.05, 3.63) is 131 Å². The second-order valence-corrected chi connectivity index (χ2v) is 13.2. The van der Waals surface area contributed by atoms with Crippen LogP contribution >= 0.6 is 0 Å². The molecule has 236 valence electrons. The van der Waals surface area contributed by atoms with Gasteiger partial charge in [-0.25, -0.2) is 12.8 Å². The van der Waals surface area contributed by atoms with Crippen LogP contribution in [-0.2, 0) is 32.6 Å². The Morgan fingerprint density at radius 1 is 0.822 bits per heavy atom. The van der Waals surface area contributed by atoms with Crippen molar-refractivity contribution in [2.75, 3.05) is 10.8 Å². The molecule has 0 aliphatic heterocycles. The number of nitrogens with zero attached hydrogens (tertiary/aromatic N) is 2. The predicted octanol–water partition coefficient (Wildman–Crippen LogP) is 6.19. The number of amides is 2. The highest BCUT2D eigenvalue weighted by Crippen LogP contribution is 2.26. The van der Waals surface area contributed by atoms with Crippen molar-refractivity contribution in [2.45, 2.75) is 64.1 Å². The van der Waals surface area contributed by atoms with Gasteiger partial charge in [-0.1, -0.05) is 79.2 Å². The van der Waals surface area contributed by atoms with Gasteiger partial charge in [-0.15, -0.1) is 0 Å². The molecule has 0 spiro atoms. The van der Waals surface area contributed by atoms with Gasteiger partial charge in [0, 0.05) is 19.0 Å². The largest absolute Gasteiger partial charge is 0.352 e. The lowest BCUT2D eigenvalue weighted by atomic mass is 10.0. The number of anilines is 1. The van der Waals surface area contributed by atoms with E-state index in [2.05, 4.69) is 5.32 Å². The molecule has 0 saturated carbocycles. The Labute approximate surface area is 265 Å². The first-order valence-corrected chi connectivity index (χ1v) is 16.5. The third kappa shape index (κ3) is 8.79. The molecule has 0 aliphatic rings. The van der Waals surface area contributed by atoms with Crippen molar-refractivity contribution in [1.29, 1.82) is 0 Å². The van der Waals surface area contributed by atoms with Crippen molar-refractivity contribution < 1.29 is 22.4 Å². The maximum Gasteiger partial charge on any atom is 0.264 e. The monoisotopic (exact) mass is 629 g/mol. The van der Waals surface area contributed by atoms with E-state index in [-0.39, 0.29) is 29.8 Å². The van der Waals surface area contributed by atoms with Gasteiger partial charge in [0.15, 0.2) is 0 Å². The molecule has 1 N–H and O–H groups in total. The Bertz CT molecular complexity index is 1690. The molecule has 9 heteroatoms. The average Bonchev–Trinajstić information content (AvgIpc) is 3.02. The fourth-order valence-electron chi connectivity index (χ4n) is 4.93. The molecule has 0 saturated heterocycles. The zero-order valence-corrected chi connectivity index (χ0v) is 26.9. The number of nitrogens with one attached hydrogen (secondary N) is 1. The average molecular weight is 630 g/mol. The Morgan fingerprint density at radius 2 is 1.49 bits per heavy atom. The second kappa shape index (κ2) is 15.0. The number of rotatable bonds is 13. The van der Waals surface area contributed by atoms with Gasteiger partial charge < -0.3 is 10.2 Å². The minimum absolute atomic E-state index is 0.0310. The summed E-state index contributed by atoms with van der Waals surface area (Å²) in [5, 5.41) is 3.01. The number of sulfonamides is 1. The highest BCUT2D eigenvalue weighted by molar-refractivity contribution is 7.92. The highest BCUT2D eigenvalue weighted by atomic mass is 32.2. The Morgan fingerprint density at radius 3 is 2.11 bits per heavy atom. The quantitative estimate of drug-likeness (QED) is 0.191. The van der Waals surface area contributed by atoms with Crippen molar-refractivity contribution in [3.63, 3.8) is 0 Å². The van der Waals surface area contributed by atoms with Crippen molar-refractivity contribution in [3.8, 4) is 0 Å². The normalized spacial score (nSPS) is 12.6. The van der Waals surface area contributed by atoms with E-state index in [1.807, 2.05) is 64.1 Å². The number of carbonyl (C=O) groups is 2. The summed E-state index contributed by atoms with van der Waals surface area (Å²) < 4.78 is 43.2. The topological polar surface area (TPSA) is 86.8 Å². The molecule has 4 rings (SSSR count). The van der Waals surface area contributed by atoms with E-state index in [0.717, 1.165) is 21.0 Å². The van der Waals surface area contributed by atoms with Crippen molar-refractivity contribution >= 4 is 27.5 Å². The van der Waals surface area contributed by atoms with Gasteiger partial charge in [-0.05, 0) is 80.3 Å². The zero-order valence-electron chi connectivity index (χ0n) is 26.1. The van der Waals surface area contributed by atoms with Crippen LogP contribution in [0.5, 0.6) is 0 Å². The molecule has 0 radical (unpaired) electrons.